The predicted octanol–water partition coefficient (Wildman–Crippen LogP) is 4.75. The summed E-state index contributed by atoms with van der Waals surface area (Å²) in [6.07, 6.45) is 2.38. The van der Waals surface area contributed by atoms with Gasteiger partial charge in [-0.15, -0.1) is 11.3 Å². The first-order valence-electron chi connectivity index (χ1n) is 7.33. The fourth-order valence-electron chi connectivity index (χ4n) is 2.50. The third-order valence-corrected chi connectivity index (χ3v) is 5.23. The lowest BCUT2D eigenvalue weighted by atomic mass is 9.88. The molecule has 0 bridgehead atoms. The number of rotatable bonds is 3. The summed E-state index contributed by atoms with van der Waals surface area (Å²) < 4.78 is 3.23. The Balaban J connectivity index is 2.40. The van der Waals surface area contributed by atoms with Crippen molar-refractivity contribution in [3.05, 3.63) is 16.0 Å². The van der Waals surface area contributed by atoms with Crippen molar-refractivity contribution in [2.24, 2.45) is 5.92 Å². The minimum Gasteiger partial charge on any atom is -0.459 e. The Morgan fingerprint density at radius 3 is 2.57 bits per heavy atom. The Kier molecular flexibility index (Phi) is 5.88. The fraction of sp³-hybridized carbons (Fsp3) is 0.600. The van der Waals surface area contributed by atoms with Gasteiger partial charge in [-0.25, -0.2) is 4.79 Å². The summed E-state index contributed by atoms with van der Waals surface area (Å²) in [5, 5.41) is 2.95. The number of thiophene rings is 1. The number of halogens is 3. The molecule has 2 rings (SSSR count). The number of esters is 1. The smallest absolute Gasteiger partial charge is 0.341 e. The summed E-state index contributed by atoms with van der Waals surface area (Å²) in [4.78, 5) is 25.5. The lowest BCUT2D eigenvalue weighted by molar-refractivity contribution is -0.115. The number of carbonyl (C=O) groups is 2. The molecule has 0 aliphatic heterocycles. The molecule has 1 heterocycles. The summed E-state index contributed by atoms with van der Waals surface area (Å²) in [5.41, 5.74) is 1.34. The highest BCUT2D eigenvalue weighted by Crippen LogP contribution is 2.41. The van der Waals surface area contributed by atoms with E-state index in [9.17, 15) is 9.59 Å². The van der Waals surface area contributed by atoms with Gasteiger partial charge < -0.3 is 10.1 Å². The lowest BCUT2D eigenvalue weighted by Gasteiger charge is -2.19. The van der Waals surface area contributed by atoms with Gasteiger partial charge in [-0.05, 0) is 44.6 Å². The molecule has 1 atom stereocenters. The van der Waals surface area contributed by atoms with Crippen LogP contribution in [0.2, 0.25) is 0 Å². The van der Waals surface area contributed by atoms with Gasteiger partial charge in [0.05, 0.1) is 11.7 Å². The quantitative estimate of drug-likeness (QED) is 0.590. The third-order valence-electron chi connectivity index (χ3n) is 3.54. The predicted molar refractivity (Wildman–Crippen MR) is 95.0 cm³/mol. The molecule has 0 fully saturated rings. The average Bonchev–Trinajstić information content (AvgIpc) is 2.73. The van der Waals surface area contributed by atoms with Crippen LogP contribution in [0.4, 0.5) is 5.00 Å². The zero-order valence-electron chi connectivity index (χ0n) is 13.0. The first-order valence-corrected chi connectivity index (χ1v) is 9.28. The van der Waals surface area contributed by atoms with E-state index in [0.29, 0.717) is 16.5 Å². The van der Waals surface area contributed by atoms with Gasteiger partial charge in [-0.3, -0.25) is 4.79 Å². The van der Waals surface area contributed by atoms with Crippen LogP contribution in [0.25, 0.3) is 0 Å². The zero-order valence-corrected chi connectivity index (χ0v) is 16.1. The number of amides is 1. The summed E-state index contributed by atoms with van der Waals surface area (Å²) >= 11 is 18.2. The van der Waals surface area contributed by atoms with Crippen LogP contribution in [0.15, 0.2) is 0 Å². The molecule has 1 aliphatic rings. The maximum Gasteiger partial charge on any atom is 0.341 e. The highest BCUT2D eigenvalue weighted by Gasteiger charge is 2.34. The molecular weight excluding hydrogens is 381 g/mol. The van der Waals surface area contributed by atoms with Gasteiger partial charge >= 0.3 is 5.97 Å². The third kappa shape index (κ3) is 4.53. The second kappa shape index (κ2) is 7.18. The summed E-state index contributed by atoms with van der Waals surface area (Å²) in [7, 11) is 0. The van der Waals surface area contributed by atoms with E-state index < -0.39 is 15.7 Å². The molecule has 0 radical (unpaired) electrons. The van der Waals surface area contributed by atoms with Crippen LogP contribution in [-0.2, 0) is 22.4 Å². The molecule has 1 N–H and O–H groups in total. The monoisotopic (exact) mass is 397 g/mol. The Labute approximate surface area is 154 Å². The maximum atomic E-state index is 12.5. The molecule has 1 amide bonds. The highest BCUT2D eigenvalue weighted by molar-refractivity contribution is 7.17. The van der Waals surface area contributed by atoms with Crippen LogP contribution >= 0.6 is 46.1 Å². The van der Waals surface area contributed by atoms with Crippen molar-refractivity contribution < 1.29 is 14.3 Å². The fourth-order valence-corrected chi connectivity index (χ4v) is 4.04. The normalized spacial score (nSPS) is 17.8. The molecule has 1 aliphatic carbocycles. The molecule has 23 heavy (non-hydrogen) atoms. The van der Waals surface area contributed by atoms with E-state index in [1.54, 1.807) is 13.8 Å². The minimum atomic E-state index is -2.09. The van der Waals surface area contributed by atoms with Gasteiger partial charge in [0.15, 0.2) is 0 Å². The first-order chi connectivity index (χ1) is 10.6. The number of hydrogen-bond acceptors (Lipinski definition) is 4. The van der Waals surface area contributed by atoms with Gasteiger partial charge in [0, 0.05) is 4.88 Å². The first kappa shape index (κ1) is 18.8. The number of hydrogen-bond donors (Lipinski definition) is 1. The van der Waals surface area contributed by atoms with Crippen LogP contribution in [0.1, 0.15) is 48.0 Å². The molecule has 1 aromatic rings. The number of alkyl halides is 3. The molecule has 0 spiro atoms. The average molecular weight is 399 g/mol. The van der Waals surface area contributed by atoms with Gasteiger partial charge in [0.2, 0.25) is 0 Å². The molecule has 0 saturated heterocycles. The van der Waals surface area contributed by atoms with E-state index in [2.05, 4.69) is 12.2 Å². The van der Waals surface area contributed by atoms with E-state index in [1.807, 2.05) is 0 Å². The van der Waals surface area contributed by atoms with Crippen molar-refractivity contribution in [3.63, 3.8) is 0 Å². The molecule has 4 nitrogen and oxygen atoms in total. The van der Waals surface area contributed by atoms with Gasteiger partial charge in [-0.2, -0.15) is 0 Å². The standard InChI is InChI=1S/C15H18Cl3NO3S/c1-7(2)22-13(20)11-9-5-4-8(3)6-10(9)23-12(11)19-14(21)15(16,17)18/h7-8H,4-6H2,1-3H3,(H,19,21). The van der Waals surface area contributed by atoms with Crippen LogP contribution < -0.4 is 5.32 Å². The zero-order chi connectivity index (χ0) is 17.4. The molecule has 0 saturated carbocycles. The maximum absolute atomic E-state index is 12.5. The lowest BCUT2D eigenvalue weighted by Crippen LogP contribution is -2.27. The Hall–Kier alpha value is -0.490. The molecule has 1 aromatic heterocycles. The summed E-state index contributed by atoms with van der Waals surface area (Å²) in [5.74, 6) is -0.703. The van der Waals surface area contributed by atoms with Crippen molar-refractivity contribution in [2.45, 2.75) is 49.9 Å². The molecular formula is C15H18Cl3NO3S. The van der Waals surface area contributed by atoms with Gasteiger partial charge in [0.1, 0.15) is 5.00 Å². The SMILES string of the molecule is CC1CCc2c(sc(NC(=O)C(Cl)(Cl)Cl)c2C(=O)OC(C)C)C1. The van der Waals surface area contributed by atoms with E-state index in [1.165, 1.54) is 11.3 Å². The van der Waals surface area contributed by atoms with Crippen LogP contribution in [0.3, 0.4) is 0 Å². The Morgan fingerprint density at radius 1 is 1.35 bits per heavy atom. The second-order valence-electron chi connectivity index (χ2n) is 5.96. The number of nitrogens with one attached hydrogen (secondary N) is 1. The number of anilines is 1. The van der Waals surface area contributed by atoms with Crippen molar-refractivity contribution in [1.82, 2.24) is 0 Å². The topological polar surface area (TPSA) is 55.4 Å². The minimum absolute atomic E-state index is 0.253. The van der Waals surface area contributed by atoms with E-state index in [0.717, 1.165) is 29.7 Å². The molecule has 0 aromatic carbocycles. The second-order valence-corrected chi connectivity index (χ2v) is 9.35. The largest absolute Gasteiger partial charge is 0.459 e. The van der Waals surface area contributed by atoms with Crippen LogP contribution in [-0.4, -0.2) is 21.8 Å². The van der Waals surface area contributed by atoms with Crippen molar-refractivity contribution in [1.29, 1.82) is 0 Å². The number of ether oxygens (including phenoxy) is 1. The summed E-state index contributed by atoms with van der Waals surface area (Å²) in [6.45, 7) is 5.71. The van der Waals surface area contributed by atoms with Crippen molar-refractivity contribution in [3.8, 4) is 0 Å². The van der Waals surface area contributed by atoms with Crippen molar-refractivity contribution >= 4 is 63.0 Å². The molecule has 8 heteroatoms. The van der Waals surface area contributed by atoms with Gasteiger partial charge in [-0.1, -0.05) is 41.7 Å². The van der Waals surface area contributed by atoms with Crippen LogP contribution in [0.5, 0.6) is 0 Å². The van der Waals surface area contributed by atoms with Crippen LogP contribution in [0, 0.1) is 5.92 Å². The summed E-state index contributed by atoms with van der Waals surface area (Å²) in [6, 6.07) is 0. The molecule has 1 unspecified atom stereocenters. The van der Waals surface area contributed by atoms with E-state index >= 15 is 0 Å². The van der Waals surface area contributed by atoms with Crippen molar-refractivity contribution in [2.75, 3.05) is 5.32 Å². The highest BCUT2D eigenvalue weighted by atomic mass is 35.6. The Bertz CT molecular complexity index is 622. The Morgan fingerprint density at radius 2 is 2.00 bits per heavy atom. The number of carbonyl (C=O) groups excluding carboxylic acids is 2. The van der Waals surface area contributed by atoms with E-state index in [4.69, 9.17) is 39.5 Å². The molecule has 128 valence electrons. The van der Waals surface area contributed by atoms with E-state index in [-0.39, 0.29) is 6.10 Å². The van der Waals surface area contributed by atoms with Gasteiger partial charge in [0.25, 0.3) is 9.70 Å². The number of fused-ring (bicyclic) bond motifs is 1.